The number of nitrogens with two attached hydrogens (primary N) is 1. The van der Waals surface area contributed by atoms with Gasteiger partial charge in [0.05, 0.1) is 5.69 Å². The Bertz CT molecular complexity index is 573. The van der Waals surface area contributed by atoms with Crippen LogP contribution >= 0.6 is 0 Å². The number of rotatable bonds is 3. The van der Waals surface area contributed by atoms with E-state index in [2.05, 4.69) is 12.0 Å². The molecule has 0 aliphatic carbocycles. The summed E-state index contributed by atoms with van der Waals surface area (Å²) >= 11 is 0. The van der Waals surface area contributed by atoms with Gasteiger partial charge in [-0.05, 0) is 38.5 Å². The summed E-state index contributed by atoms with van der Waals surface area (Å²) in [7, 11) is 0. The van der Waals surface area contributed by atoms with Crippen LogP contribution in [0.2, 0.25) is 0 Å². The van der Waals surface area contributed by atoms with Gasteiger partial charge in [-0.2, -0.15) is 5.10 Å². The highest BCUT2D eigenvalue weighted by Gasteiger charge is 2.16. The minimum Gasteiger partial charge on any atom is -0.399 e. The summed E-state index contributed by atoms with van der Waals surface area (Å²) in [5.41, 5.74) is 9.31. The van der Waals surface area contributed by atoms with Crippen molar-refractivity contribution in [1.82, 2.24) is 9.78 Å². The Hall–Kier alpha value is -1.84. The van der Waals surface area contributed by atoms with Gasteiger partial charge in [-0.3, -0.25) is 4.68 Å². The third-order valence-corrected chi connectivity index (χ3v) is 3.08. The molecule has 18 heavy (non-hydrogen) atoms. The van der Waals surface area contributed by atoms with E-state index in [0.717, 1.165) is 29.9 Å². The molecule has 2 N–H and O–H groups in total. The highest BCUT2D eigenvalue weighted by Crippen LogP contribution is 2.30. The monoisotopic (exact) mass is 247 g/mol. The first-order valence-electron chi connectivity index (χ1n) is 6.14. The number of aryl methyl sites for hydroxylation is 2. The molecule has 0 saturated heterocycles. The maximum absolute atomic E-state index is 14.0. The van der Waals surface area contributed by atoms with E-state index >= 15 is 0 Å². The number of nitrogen functional groups attached to an aromatic ring is 1. The van der Waals surface area contributed by atoms with E-state index in [0.29, 0.717) is 11.3 Å². The van der Waals surface area contributed by atoms with Gasteiger partial charge in [0, 0.05) is 29.1 Å². The van der Waals surface area contributed by atoms with E-state index in [4.69, 9.17) is 5.73 Å². The Morgan fingerprint density at radius 2 is 2.06 bits per heavy atom. The van der Waals surface area contributed by atoms with Crippen LogP contribution in [0.25, 0.3) is 11.1 Å². The summed E-state index contributed by atoms with van der Waals surface area (Å²) < 4.78 is 15.9. The van der Waals surface area contributed by atoms with Crippen molar-refractivity contribution in [3.8, 4) is 11.1 Å². The van der Waals surface area contributed by atoms with E-state index in [-0.39, 0.29) is 5.82 Å². The largest absolute Gasteiger partial charge is 0.399 e. The average molecular weight is 247 g/mol. The lowest BCUT2D eigenvalue weighted by atomic mass is 10.0. The summed E-state index contributed by atoms with van der Waals surface area (Å²) in [4.78, 5) is 0. The van der Waals surface area contributed by atoms with Crippen molar-refractivity contribution in [3.05, 3.63) is 35.4 Å². The van der Waals surface area contributed by atoms with Crippen LogP contribution in [-0.4, -0.2) is 9.78 Å². The molecular formula is C14H18FN3. The van der Waals surface area contributed by atoms with Gasteiger partial charge in [0.15, 0.2) is 0 Å². The number of halogens is 1. The second-order valence-corrected chi connectivity index (χ2v) is 4.51. The molecule has 1 aromatic carbocycles. The number of hydrogen-bond donors (Lipinski definition) is 1. The van der Waals surface area contributed by atoms with Crippen LogP contribution in [-0.2, 0) is 6.54 Å². The molecule has 0 aliphatic heterocycles. The van der Waals surface area contributed by atoms with E-state index in [9.17, 15) is 4.39 Å². The molecule has 3 nitrogen and oxygen atoms in total. The van der Waals surface area contributed by atoms with Crippen molar-refractivity contribution in [1.29, 1.82) is 0 Å². The van der Waals surface area contributed by atoms with Gasteiger partial charge in [-0.25, -0.2) is 4.39 Å². The van der Waals surface area contributed by atoms with E-state index < -0.39 is 0 Å². The van der Waals surface area contributed by atoms with Crippen LogP contribution in [0.4, 0.5) is 10.1 Å². The van der Waals surface area contributed by atoms with E-state index in [1.165, 1.54) is 6.07 Å². The molecule has 1 heterocycles. The minimum atomic E-state index is -0.294. The van der Waals surface area contributed by atoms with Crippen molar-refractivity contribution in [2.24, 2.45) is 0 Å². The van der Waals surface area contributed by atoms with Crippen molar-refractivity contribution in [2.45, 2.75) is 33.7 Å². The SMILES string of the molecule is CCCn1nc(C)c(-c2ccc(N)cc2F)c1C. The number of hydrogen-bond acceptors (Lipinski definition) is 2. The average Bonchev–Trinajstić information content (AvgIpc) is 2.56. The molecule has 0 bridgehead atoms. The maximum atomic E-state index is 14.0. The normalized spacial score (nSPS) is 10.9. The van der Waals surface area contributed by atoms with Crippen LogP contribution < -0.4 is 5.73 Å². The lowest BCUT2D eigenvalue weighted by Gasteiger charge is -2.06. The smallest absolute Gasteiger partial charge is 0.133 e. The summed E-state index contributed by atoms with van der Waals surface area (Å²) in [5.74, 6) is -0.294. The van der Waals surface area contributed by atoms with Gasteiger partial charge >= 0.3 is 0 Å². The molecule has 4 heteroatoms. The van der Waals surface area contributed by atoms with Gasteiger partial charge in [-0.15, -0.1) is 0 Å². The quantitative estimate of drug-likeness (QED) is 0.846. The Morgan fingerprint density at radius 1 is 1.33 bits per heavy atom. The van der Waals surface area contributed by atoms with Gasteiger partial charge in [0.25, 0.3) is 0 Å². The molecule has 0 unspecified atom stereocenters. The van der Waals surface area contributed by atoms with Crippen LogP contribution in [0.15, 0.2) is 18.2 Å². The molecule has 0 saturated carbocycles. The number of aromatic nitrogens is 2. The highest BCUT2D eigenvalue weighted by molar-refractivity contribution is 5.70. The molecule has 0 radical (unpaired) electrons. The molecule has 2 rings (SSSR count). The summed E-state index contributed by atoms with van der Waals surface area (Å²) in [6.07, 6.45) is 1.01. The molecule has 0 atom stereocenters. The number of nitrogens with zero attached hydrogens (tertiary/aromatic N) is 2. The molecule has 0 spiro atoms. The fourth-order valence-electron chi connectivity index (χ4n) is 2.25. The summed E-state index contributed by atoms with van der Waals surface area (Å²) in [6.45, 7) is 6.83. The zero-order chi connectivity index (χ0) is 13.3. The van der Waals surface area contributed by atoms with Crippen LogP contribution in [0.3, 0.4) is 0 Å². The van der Waals surface area contributed by atoms with Crippen molar-refractivity contribution >= 4 is 5.69 Å². The molecule has 2 aromatic rings. The van der Waals surface area contributed by atoms with Gasteiger partial charge in [-0.1, -0.05) is 6.92 Å². The third kappa shape index (κ3) is 2.10. The standard InChI is InChI=1S/C14H18FN3/c1-4-7-18-10(3)14(9(2)17-18)12-6-5-11(16)8-13(12)15/h5-6,8H,4,7,16H2,1-3H3. The van der Waals surface area contributed by atoms with Gasteiger partial charge < -0.3 is 5.73 Å². The number of anilines is 1. The molecule has 0 fully saturated rings. The fourth-order valence-corrected chi connectivity index (χ4v) is 2.25. The highest BCUT2D eigenvalue weighted by atomic mass is 19.1. The van der Waals surface area contributed by atoms with E-state index in [1.807, 2.05) is 18.5 Å². The Labute approximate surface area is 106 Å². The summed E-state index contributed by atoms with van der Waals surface area (Å²) in [5, 5.41) is 4.46. The molecule has 0 aliphatic rings. The predicted molar refractivity (Wildman–Crippen MR) is 71.8 cm³/mol. The first-order valence-corrected chi connectivity index (χ1v) is 6.14. The minimum absolute atomic E-state index is 0.294. The first kappa shape index (κ1) is 12.6. The molecule has 96 valence electrons. The lowest BCUT2D eigenvalue weighted by molar-refractivity contribution is 0.583. The van der Waals surface area contributed by atoms with Crippen LogP contribution in [0, 0.1) is 19.7 Å². The predicted octanol–water partition coefficient (Wildman–Crippen LogP) is 3.30. The van der Waals surface area contributed by atoms with Gasteiger partial charge in [0.1, 0.15) is 5.82 Å². The number of benzene rings is 1. The van der Waals surface area contributed by atoms with E-state index in [1.54, 1.807) is 12.1 Å². The molecule has 1 aromatic heterocycles. The van der Waals surface area contributed by atoms with Gasteiger partial charge in [0.2, 0.25) is 0 Å². The third-order valence-electron chi connectivity index (χ3n) is 3.08. The molecular weight excluding hydrogens is 229 g/mol. The topological polar surface area (TPSA) is 43.8 Å². The lowest BCUT2D eigenvalue weighted by Crippen LogP contribution is -2.01. The second kappa shape index (κ2) is 4.80. The second-order valence-electron chi connectivity index (χ2n) is 4.51. The van der Waals surface area contributed by atoms with Crippen molar-refractivity contribution in [3.63, 3.8) is 0 Å². The Morgan fingerprint density at radius 3 is 2.67 bits per heavy atom. The fraction of sp³-hybridized carbons (Fsp3) is 0.357. The zero-order valence-electron chi connectivity index (χ0n) is 11.0. The zero-order valence-corrected chi connectivity index (χ0v) is 11.0. The van der Waals surface area contributed by atoms with Crippen molar-refractivity contribution in [2.75, 3.05) is 5.73 Å². The maximum Gasteiger partial charge on any atom is 0.133 e. The Kier molecular flexibility index (Phi) is 3.36. The molecule has 0 amide bonds. The van der Waals surface area contributed by atoms with Crippen LogP contribution in [0.5, 0.6) is 0 Å². The van der Waals surface area contributed by atoms with Crippen LogP contribution in [0.1, 0.15) is 24.7 Å². The first-order chi connectivity index (χ1) is 8.54. The Balaban J connectivity index is 2.56. The van der Waals surface area contributed by atoms with Crippen molar-refractivity contribution < 1.29 is 4.39 Å². The summed E-state index contributed by atoms with van der Waals surface area (Å²) in [6, 6.07) is 4.79.